The number of nitrogens with one attached hydrogen (secondary N) is 1. The molecule has 1 atom stereocenters. The zero-order chi connectivity index (χ0) is 12.3. The third-order valence-corrected chi connectivity index (χ3v) is 2.35. The largest absolute Gasteiger partial charge is 0.323 e. The van der Waals surface area contributed by atoms with Crippen molar-refractivity contribution in [2.45, 2.75) is 20.3 Å². The average molecular weight is 231 g/mol. The van der Waals surface area contributed by atoms with Crippen molar-refractivity contribution in [1.29, 1.82) is 0 Å². The molecule has 0 unspecified atom stereocenters. The fraction of sp³-hybridized carbons (Fsp3) is 0.364. The number of benzene rings is 1. The van der Waals surface area contributed by atoms with Gasteiger partial charge in [-0.1, -0.05) is 13.8 Å². The number of rotatable bonds is 3. The highest BCUT2D eigenvalue weighted by Crippen LogP contribution is 2.20. The maximum atomic E-state index is 13.2. The van der Waals surface area contributed by atoms with Gasteiger partial charge in [-0.25, -0.2) is 13.2 Å². The van der Waals surface area contributed by atoms with Crippen molar-refractivity contribution in [1.82, 2.24) is 0 Å². The van der Waals surface area contributed by atoms with Gasteiger partial charge in [-0.05, 0) is 18.6 Å². The minimum Gasteiger partial charge on any atom is -0.323 e. The molecular formula is C11H12F3NO. The number of hydrogen-bond donors (Lipinski definition) is 1. The van der Waals surface area contributed by atoms with Gasteiger partial charge >= 0.3 is 0 Å². The third kappa shape index (κ3) is 2.53. The Hall–Kier alpha value is -1.52. The van der Waals surface area contributed by atoms with Crippen LogP contribution >= 0.6 is 0 Å². The third-order valence-electron chi connectivity index (χ3n) is 2.35. The van der Waals surface area contributed by atoms with Crippen molar-refractivity contribution in [3.63, 3.8) is 0 Å². The summed E-state index contributed by atoms with van der Waals surface area (Å²) in [5.74, 6) is -4.97. The Bertz CT molecular complexity index is 406. The fourth-order valence-electron chi connectivity index (χ4n) is 1.06. The molecule has 0 aliphatic carbocycles. The van der Waals surface area contributed by atoms with E-state index in [0.29, 0.717) is 6.42 Å². The van der Waals surface area contributed by atoms with Crippen LogP contribution in [0.25, 0.3) is 0 Å². The normalized spacial score (nSPS) is 12.3. The second-order valence-corrected chi connectivity index (χ2v) is 3.52. The van der Waals surface area contributed by atoms with Gasteiger partial charge in [0.05, 0.1) is 5.69 Å². The summed E-state index contributed by atoms with van der Waals surface area (Å²) in [6.45, 7) is 3.46. The first kappa shape index (κ1) is 12.5. The van der Waals surface area contributed by atoms with Crippen LogP contribution in [-0.2, 0) is 4.79 Å². The van der Waals surface area contributed by atoms with E-state index in [-0.39, 0.29) is 11.6 Å². The molecule has 0 saturated carbocycles. The molecule has 88 valence electrons. The topological polar surface area (TPSA) is 29.1 Å². The van der Waals surface area contributed by atoms with E-state index < -0.39 is 23.4 Å². The molecule has 1 N–H and O–H groups in total. The maximum absolute atomic E-state index is 13.2. The Labute approximate surface area is 91.5 Å². The van der Waals surface area contributed by atoms with Crippen LogP contribution in [0, 0.1) is 23.4 Å². The van der Waals surface area contributed by atoms with Crippen LogP contribution in [0.15, 0.2) is 12.1 Å². The zero-order valence-electron chi connectivity index (χ0n) is 8.98. The first-order valence-corrected chi connectivity index (χ1v) is 4.91. The second kappa shape index (κ2) is 5.01. The van der Waals surface area contributed by atoms with Crippen LogP contribution in [0.1, 0.15) is 20.3 Å². The summed E-state index contributed by atoms with van der Waals surface area (Å²) in [7, 11) is 0. The number of anilines is 1. The highest BCUT2D eigenvalue weighted by atomic mass is 19.2. The number of hydrogen-bond acceptors (Lipinski definition) is 1. The molecule has 1 amide bonds. The van der Waals surface area contributed by atoms with Crippen molar-refractivity contribution in [3.05, 3.63) is 29.6 Å². The Morgan fingerprint density at radius 1 is 1.31 bits per heavy atom. The van der Waals surface area contributed by atoms with Gasteiger partial charge in [0, 0.05) is 5.92 Å². The maximum Gasteiger partial charge on any atom is 0.227 e. The quantitative estimate of drug-likeness (QED) is 0.796. The van der Waals surface area contributed by atoms with Crippen molar-refractivity contribution < 1.29 is 18.0 Å². The average Bonchev–Trinajstić information content (AvgIpc) is 2.28. The Balaban J connectivity index is 2.91. The second-order valence-electron chi connectivity index (χ2n) is 3.52. The van der Waals surface area contributed by atoms with Gasteiger partial charge in [0.2, 0.25) is 5.91 Å². The highest BCUT2D eigenvalue weighted by Gasteiger charge is 2.17. The summed E-state index contributed by atoms with van der Waals surface area (Å²) in [6, 6.07) is 1.76. The van der Waals surface area contributed by atoms with Crippen molar-refractivity contribution in [2.24, 2.45) is 5.92 Å². The van der Waals surface area contributed by atoms with E-state index in [2.05, 4.69) is 5.32 Å². The number of halogens is 3. The van der Waals surface area contributed by atoms with Crippen LogP contribution in [-0.4, -0.2) is 5.91 Å². The summed E-state index contributed by atoms with van der Waals surface area (Å²) in [5, 5.41) is 2.21. The van der Waals surface area contributed by atoms with Crippen molar-refractivity contribution >= 4 is 11.6 Å². The lowest BCUT2D eigenvalue weighted by Gasteiger charge is -2.10. The first-order valence-electron chi connectivity index (χ1n) is 4.91. The lowest BCUT2D eigenvalue weighted by Crippen LogP contribution is -2.20. The van der Waals surface area contributed by atoms with Gasteiger partial charge in [-0.2, -0.15) is 0 Å². The Morgan fingerprint density at radius 2 is 1.94 bits per heavy atom. The summed E-state index contributed by atoms with van der Waals surface area (Å²) in [4.78, 5) is 11.4. The number of carbonyl (C=O) groups is 1. The van der Waals surface area contributed by atoms with E-state index in [1.165, 1.54) is 0 Å². The molecule has 0 aliphatic heterocycles. The highest BCUT2D eigenvalue weighted by molar-refractivity contribution is 5.92. The van der Waals surface area contributed by atoms with Crippen LogP contribution in [0.5, 0.6) is 0 Å². The molecule has 0 bridgehead atoms. The minimum absolute atomic E-state index is 0.312. The molecule has 0 aromatic heterocycles. The van der Waals surface area contributed by atoms with Gasteiger partial charge in [-0.15, -0.1) is 0 Å². The van der Waals surface area contributed by atoms with E-state index in [9.17, 15) is 18.0 Å². The standard InChI is InChI=1S/C11H12F3NO/c1-3-6(2)11(16)15-8-5-4-7(12)9(13)10(8)14/h4-6H,3H2,1-2H3,(H,15,16)/t6-/m0/s1. The van der Waals surface area contributed by atoms with E-state index in [1.54, 1.807) is 13.8 Å². The molecular weight excluding hydrogens is 219 g/mol. The molecule has 1 aromatic rings. The van der Waals surface area contributed by atoms with Crippen LogP contribution in [0.4, 0.5) is 18.9 Å². The van der Waals surface area contributed by atoms with Crippen molar-refractivity contribution in [2.75, 3.05) is 5.32 Å². The Morgan fingerprint density at radius 3 is 2.50 bits per heavy atom. The van der Waals surface area contributed by atoms with Gasteiger partial charge < -0.3 is 5.32 Å². The number of carbonyl (C=O) groups excluding carboxylic acids is 1. The lowest BCUT2D eigenvalue weighted by molar-refractivity contribution is -0.119. The lowest BCUT2D eigenvalue weighted by atomic mass is 10.1. The minimum atomic E-state index is -1.58. The molecule has 0 saturated heterocycles. The summed E-state index contributed by atoms with van der Waals surface area (Å²) in [6.07, 6.45) is 0.580. The molecule has 1 rings (SSSR count). The van der Waals surface area contributed by atoms with Crippen molar-refractivity contribution in [3.8, 4) is 0 Å². The van der Waals surface area contributed by atoms with E-state index >= 15 is 0 Å². The van der Waals surface area contributed by atoms with Crippen LogP contribution in [0.2, 0.25) is 0 Å². The summed E-state index contributed by atoms with van der Waals surface area (Å²) >= 11 is 0. The van der Waals surface area contributed by atoms with Gasteiger partial charge in [0.25, 0.3) is 0 Å². The molecule has 0 aliphatic rings. The molecule has 0 fully saturated rings. The molecule has 0 spiro atoms. The van der Waals surface area contributed by atoms with Crippen LogP contribution in [0.3, 0.4) is 0 Å². The summed E-state index contributed by atoms with van der Waals surface area (Å²) in [5.41, 5.74) is -0.343. The fourth-order valence-corrected chi connectivity index (χ4v) is 1.06. The smallest absolute Gasteiger partial charge is 0.227 e. The molecule has 0 heterocycles. The molecule has 2 nitrogen and oxygen atoms in total. The van der Waals surface area contributed by atoms with Gasteiger partial charge in [0.1, 0.15) is 0 Å². The molecule has 0 radical (unpaired) electrons. The van der Waals surface area contributed by atoms with Gasteiger partial charge in [-0.3, -0.25) is 4.79 Å². The Kier molecular flexibility index (Phi) is 3.93. The molecule has 1 aromatic carbocycles. The zero-order valence-corrected chi connectivity index (χ0v) is 8.98. The SMILES string of the molecule is CC[C@H](C)C(=O)Nc1ccc(F)c(F)c1F. The first-order chi connectivity index (χ1) is 7.47. The monoisotopic (exact) mass is 231 g/mol. The number of amides is 1. The predicted octanol–water partition coefficient (Wildman–Crippen LogP) is 3.09. The molecule has 16 heavy (non-hydrogen) atoms. The van der Waals surface area contributed by atoms with E-state index in [0.717, 1.165) is 12.1 Å². The van der Waals surface area contributed by atoms with E-state index in [4.69, 9.17) is 0 Å². The van der Waals surface area contributed by atoms with Crippen LogP contribution < -0.4 is 5.32 Å². The van der Waals surface area contributed by atoms with Gasteiger partial charge in [0.15, 0.2) is 17.5 Å². The summed E-state index contributed by atoms with van der Waals surface area (Å²) < 4.78 is 38.6. The predicted molar refractivity (Wildman–Crippen MR) is 54.4 cm³/mol. The van der Waals surface area contributed by atoms with E-state index in [1.807, 2.05) is 0 Å². The molecule has 5 heteroatoms.